The van der Waals surface area contributed by atoms with Crippen LogP contribution in [0.15, 0.2) is 24.8 Å². The lowest BCUT2D eigenvalue weighted by Crippen LogP contribution is -2.63. The summed E-state index contributed by atoms with van der Waals surface area (Å²) in [7, 11) is 1.62. The smallest absolute Gasteiger partial charge is 0.237 e. The molecule has 3 heterocycles. The van der Waals surface area contributed by atoms with Gasteiger partial charge in [0.25, 0.3) is 0 Å². The maximum Gasteiger partial charge on any atom is 0.237 e. The Morgan fingerprint density at radius 2 is 2.16 bits per heavy atom. The van der Waals surface area contributed by atoms with Crippen LogP contribution in [0.3, 0.4) is 0 Å². The SMILES string of the molecule is CN[C@@]1(n2cnc3c(N)ncnc32)O[C@H](C)[C@@H](O)[C@]1(O)C/C=C\CN. The third kappa shape index (κ3) is 2.41. The molecule has 2 aromatic heterocycles. The van der Waals surface area contributed by atoms with Crippen molar-refractivity contribution in [1.29, 1.82) is 0 Å². The molecule has 3 rings (SSSR count). The van der Waals surface area contributed by atoms with Gasteiger partial charge in [-0.05, 0) is 14.0 Å². The van der Waals surface area contributed by atoms with Gasteiger partial charge >= 0.3 is 0 Å². The van der Waals surface area contributed by atoms with Crippen molar-refractivity contribution in [3.05, 3.63) is 24.8 Å². The van der Waals surface area contributed by atoms with Gasteiger partial charge in [-0.25, -0.2) is 15.0 Å². The van der Waals surface area contributed by atoms with Crippen molar-refractivity contribution in [2.75, 3.05) is 19.3 Å². The second-order valence-corrected chi connectivity index (χ2v) is 6.04. The number of aliphatic hydroxyl groups excluding tert-OH is 1. The van der Waals surface area contributed by atoms with Crippen LogP contribution in [0.1, 0.15) is 13.3 Å². The van der Waals surface area contributed by atoms with E-state index < -0.39 is 23.7 Å². The maximum absolute atomic E-state index is 11.4. The maximum atomic E-state index is 11.4. The molecule has 0 unspecified atom stereocenters. The molecule has 0 aliphatic carbocycles. The van der Waals surface area contributed by atoms with Crippen LogP contribution in [-0.4, -0.2) is 61.1 Å². The van der Waals surface area contributed by atoms with Crippen molar-refractivity contribution in [3.63, 3.8) is 0 Å². The monoisotopic (exact) mass is 349 g/mol. The molecule has 25 heavy (non-hydrogen) atoms. The lowest BCUT2D eigenvalue weighted by Gasteiger charge is -2.41. The van der Waals surface area contributed by atoms with Gasteiger partial charge in [0.15, 0.2) is 17.1 Å². The van der Waals surface area contributed by atoms with Crippen molar-refractivity contribution in [2.45, 2.75) is 37.0 Å². The fourth-order valence-electron chi connectivity index (χ4n) is 3.39. The number of ether oxygens (including phenoxy) is 1. The van der Waals surface area contributed by atoms with Crippen molar-refractivity contribution in [3.8, 4) is 0 Å². The highest BCUT2D eigenvalue weighted by Crippen LogP contribution is 2.45. The molecule has 10 nitrogen and oxygen atoms in total. The number of anilines is 1. The van der Waals surface area contributed by atoms with E-state index in [1.165, 1.54) is 17.2 Å². The Morgan fingerprint density at radius 1 is 1.40 bits per heavy atom. The summed E-state index contributed by atoms with van der Waals surface area (Å²) < 4.78 is 7.53. The Balaban J connectivity index is 2.19. The van der Waals surface area contributed by atoms with Crippen LogP contribution in [0, 0.1) is 0 Å². The molecule has 0 amide bonds. The summed E-state index contributed by atoms with van der Waals surface area (Å²) >= 11 is 0. The third-order valence-electron chi connectivity index (χ3n) is 4.65. The molecular weight excluding hydrogens is 326 g/mol. The fourth-order valence-corrected chi connectivity index (χ4v) is 3.39. The number of nitrogens with one attached hydrogen (secondary N) is 1. The summed E-state index contributed by atoms with van der Waals surface area (Å²) in [4.78, 5) is 12.4. The topological polar surface area (TPSA) is 157 Å². The van der Waals surface area contributed by atoms with Gasteiger partial charge in [-0.2, -0.15) is 0 Å². The Morgan fingerprint density at radius 3 is 2.84 bits per heavy atom. The molecule has 0 radical (unpaired) electrons. The lowest BCUT2D eigenvalue weighted by atomic mass is 9.87. The largest absolute Gasteiger partial charge is 0.387 e. The minimum Gasteiger partial charge on any atom is -0.387 e. The van der Waals surface area contributed by atoms with E-state index in [4.69, 9.17) is 16.2 Å². The molecule has 136 valence electrons. The minimum absolute atomic E-state index is 0.108. The summed E-state index contributed by atoms with van der Waals surface area (Å²) in [5.74, 6) is -1.28. The number of rotatable bonds is 5. The Kier molecular flexibility index (Phi) is 4.47. The van der Waals surface area contributed by atoms with Gasteiger partial charge in [0, 0.05) is 13.0 Å². The first kappa shape index (κ1) is 17.7. The second kappa shape index (κ2) is 6.32. The number of nitrogens with two attached hydrogens (primary N) is 2. The predicted molar refractivity (Wildman–Crippen MR) is 91.1 cm³/mol. The van der Waals surface area contributed by atoms with Gasteiger partial charge in [-0.15, -0.1) is 0 Å². The van der Waals surface area contributed by atoms with Crippen LogP contribution in [0.4, 0.5) is 5.82 Å². The van der Waals surface area contributed by atoms with E-state index in [9.17, 15) is 10.2 Å². The van der Waals surface area contributed by atoms with Gasteiger partial charge < -0.3 is 26.4 Å². The zero-order chi connectivity index (χ0) is 18.2. The summed E-state index contributed by atoms with van der Waals surface area (Å²) in [5.41, 5.74) is 10.4. The average Bonchev–Trinajstić information content (AvgIpc) is 3.11. The van der Waals surface area contributed by atoms with E-state index in [0.29, 0.717) is 17.7 Å². The molecule has 0 bridgehead atoms. The van der Waals surface area contributed by atoms with Crippen LogP contribution in [0.5, 0.6) is 0 Å². The highest BCUT2D eigenvalue weighted by atomic mass is 16.6. The molecule has 1 aliphatic heterocycles. The van der Waals surface area contributed by atoms with Crippen molar-refractivity contribution < 1.29 is 14.9 Å². The highest BCUT2D eigenvalue weighted by molar-refractivity contribution is 5.81. The van der Waals surface area contributed by atoms with Gasteiger partial charge in [0.1, 0.15) is 24.3 Å². The summed E-state index contributed by atoms with van der Waals surface area (Å²) in [6.07, 6.45) is 4.49. The Hall–Kier alpha value is -2.11. The molecule has 7 N–H and O–H groups in total. The molecule has 0 spiro atoms. The van der Waals surface area contributed by atoms with E-state index in [2.05, 4.69) is 20.3 Å². The third-order valence-corrected chi connectivity index (χ3v) is 4.65. The highest BCUT2D eigenvalue weighted by Gasteiger charge is 2.64. The number of hydrogen-bond donors (Lipinski definition) is 5. The first-order valence-corrected chi connectivity index (χ1v) is 7.97. The van der Waals surface area contributed by atoms with E-state index in [-0.39, 0.29) is 12.2 Å². The summed E-state index contributed by atoms with van der Waals surface area (Å²) in [6, 6.07) is 0. The van der Waals surface area contributed by atoms with Gasteiger partial charge in [0.2, 0.25) is 5.85 Å². The van der Waals surface area contributed by atoms with Crippen molar-refractivity contribution in [2.24, 2.45) is 5.73 Å². The van der Waals surface area contributed by atoms with Crippen LogP contribution >= 0.6 is 0 Å². The molecule has 1 saturated heterocycles. The van der Waals surface area contributed by atoms with Crippen LogP contribution in [0.2, 0.25) is 0 Å². The molecule has 0 saturated carbocycles. The molecule has 0 aromatic carbocycles. The standard InChI is InChI=1S/C15H23N7O3/c1-9-11(23)14(24,5-3-4-6-16)15(18-2,25-9)22-8-21-10-12(17)19-7-20-13(10)22/h3-4,7-9,11,18,23-24H,5-6,16H2,1-2H3,(H2,17,19,20)/b4-3-/t9-,11-,14-,15+/m1/s1. The number of hydrogen-bond acceptors (Lipinski definition) is 9. The molecule has 4 atom stereocenters. The predicted octanol–water partition coefficient (Wildman–Crippen LogP) is -1.35. The number of likely N-dealkylation sites (N-methyl/N-ethyl adjacent to an activating group) is 1. The second-order valence-electron chi connectivity index (χ2n) is 6.04. The van der Waals surface area contributed by atoms with E-state index in [1.807, 2.05) is 0 Å². The number of aliphatic hydroxyl groups is 2. The number of imidazole rings is 1. The zero-order valence-electron chi connectivity index (χ0n) is 14.1. The zero-order valence-corrected chi connectivity index (χ0v) is 14.1. The number of nitrogens with zero attached hydrogens (tertiary/aromatic N) is 4. The molecule has 1 aliphatic rings. The molecular formula is C15H23N7O3. The van der Waals surface area contributed by atoms with E-state index >= 15 is 0 Å². The van der Waals surface area contributed by atoms with Gasteiger partial charge in [0.05, 0.1) is 6.10 Å². The van der Waals surface area contributed by atoms with Crippen LogP contribution < -0.4 is 16.8 Å². The Bertz CT molecular complexity index is 795. The Labute approximate surface area is 144 Å². The molecule has 1 fully saturated rings. The van der Waals surface area contributed by atoms with Crippen molar-refractivity contribution >= 4 is 17.0 Å². The van der Waals surface area contributed by atoms with Crippen molar-refractivity contribution in [1.82, 2.24) is 24.8 Å². The summed E-state index contributed by atoms with van der Waals surface area (Å²) in [5, 5.41) is 25.0. The van der Waals surface area contributed by atoms with Gasteiger partial charge in [-0.3, -0.25) is 9.88 Å². The number of nitrogen functional groups attached to an aromatic ring is 1. The number of aromatic nitrogens is 4. The summed E-state index contributed by atoms with van der Waals surface area (Å²) in [6.45, 7) is 2.01. The first-order valence-electron chi connectivity index (χ1n) is 7.97. The van der Waals surface area contributed by atoms with Gasteiger partial charge in [-0.1, -0.05) is 12.2 Å². The van der Waals surface area contributed by atoms with Crippen LogP contribution in [0.25, 0.3) is 11.2 Å². The lowest BCUT2D eigenvalue weighted by molar-refractivity contribution is -0.207. The number of fused-ring (bicyclic) bond motifs is 1. The normalized spacial score (nSPS) is 32.8. The first-order chi connectivity index (χ1) is 11.9. The quantitative estimate of drug-likeness (QED) is 0.412. The molecule has 2 aromatic rings. The fraction of sp³-hybridized carbons (Fsp3) is 0.533. The minimum atomic E-state index is -1.69. The van der Waals surface area contributed by atoms with E-state index in [0.717, 1.165) is 0 Å². The van der Waals surface area contributed by atoms with E-state index in [1.54, 1.807) is 26.1 Å². The van der Waals surface area contributed by atoms with Crippen LogP contribution in [-0.2, 0) is 10.6 Å². The average molecular weight is 349 g/mol. The molecule has 10 heteroatoms.